The van der Waals surface area contributed by atoms with Crippen LogP contribution < -0.4 is 5.32 Å². The Labute approximate surface area is 97.4 Å². The molecule has 16 heavy (non-hydrogen) atoms. The van der Waals surface area contributed by atoms with Crippen LogP contribution in [0.3, 0.4) is 0 Å². The highest BCUT2D eigenvalue weighted by Gasteiger charge is 2.51. The molecule has 4 nitrogen and oxygen atoms in total. The van der Waals surface area contributed by atoms with Crippen molar-refractivity contribution in [3.05, 3.63) is 0 Å². The highest BCUT2D eigenvalue weighted by Crippen LogP contribution is 2.40. The molecule has 2 N–H and O–H groups in total. The predicted octanol–water partition coefficient (Wildman–Crippen LogP) is 1.64. The Balaban J connectivity index is 2.64. The first-order chi connectivity index (χ1) is 7.56. The highest BCUT2D eigenvalue weighted by molar-refractivity contribution is 5.80. The van der Waals surface area contributed by atoms with Gasteiger partial charge in [-0.3, -0.25) is 10.1 Å². The summed E-state index contributed by atoms with van der Waals surface area (Å²) in [6.07, 6.45) is 3.01. The van der Waals surface area contributed by atoms with Gasteiger partial charge in [-0.15, -0.1) is 0 Å². The minimum absolute atomic E-state index is 0.121. The van der Waals surface area contributed by atoms with Crippen LogP contribution in [0.15, 0.2) is 0 Å². The Kier molecular flexibility index (Phi) is 4.74. The molecule has 0 aromatic heterocycles. The first kappa shape index (κ1) is 13.5. The van der Waals surface area contributed by atoms with Gasteiger partial charge in [0.25, 0.3) is 0 Å². The molecular weight excluding hydrogens is 206 g/mol. The van der Waals surface area contributed by atoms with E-state index in [-0.39, 0.29) is 18.6 Å². The fourth-order valence-corrected chi connectivity index (χ4v) is 1.91. The van der Waals surface area contributed by atoms with Gasteiger partial charge in [-0.25, -0.2) is 0 Å². The van der Waals surface area contributed by atoms with Crippen LogP contribution in [0.2, 0.25) is 0 Å². The third kappa shape index (κ3) is 2.95. The molecule has 0 aromatic rings. The Bertz CT molecular complexity index is 240. The van der Waals surface area contributed by atoms with E-state index in [2.05, 4.69) is 5.32 Å². The molecule has 0 heterocycles. The van der Waals surface area contributed by atoms with E-state index in [1.807, 2.05) is 20.8 Å². The second-order valence-electron chi connectivity index (χ2n) is 4.61. The fourth-order valence-electron chi connectivity index (χ4n) is 1.91. The lowest BCUT2D eigenvalue weighted by molar-refractivity contribution is -0.150. The summed E-state index contributed by atoms with van der Waals surface area (Å²) in [5.41, 5.74) is -0.863. The van der Waals surface area contributed by atoms with Crippen LogP contribution in [-0.2, 0) is 9.53 Å². The van der Waals surface area contributed by atoms with Gasteiger partial charge in [-0.2, -0.15) is 0 Å². The quantitative estimate of drug-likeness (QED) is 0.664. The van der Waals surface area contributed by atoms with Gasteiger partial charge >= 0.3 is 5.97 Å². The van der Waals surface area contributed by atoms with Crippen LogP contribution in [0.25, 0.3) is 0 Å². The van der Waals surface area contributed by atoms with E-state index in [4.69, 9.17) is 4.74 Å². The number of likely N-dealkylation sites (N-methyl/N-ethyl adjacent to an activating group) is 1. The van der Waals surface area contributed by atoms with Crippen molar-refractivity contribution in [2.75, 3.05) is 13.2 Å². The second kappa shape index (κ2) is 5.64. The first-order valence-corrected chi connectivity index (χ1v) is 6.16. The summed E-state index contributed by atoms with van der Waals surface area (Å²) in [4.78, 5) is 11.5. The van der Waals surface area contributed by atoms with Crippen molar-refractivity contribution in [3.63, 3.8) is 0 Å². The molecule has 0 bridgehead atoms. The van der Waals surface area contributed by atoms with E-state index < -0.39 is 11.5 Å². The van der Waals surface area contributed by atoms with Crippen molar-refractivity contribution < 1.29 is 14.6 Å². The molecule has 94 valence electrons. The Hall–Kier alpha value is -0.610. The summed E-state index contributed by atoms with van der Waals surface area (Å²) >= 11 is 0. The number of carboxylic acids is 1. The van der Waals surface area contributed by atoms with Gasteiger partial charge in [-0.05, 0) is 38.6 Å². The topological polar surface area (TPSA) is 58.6 Å². The normalized spacial score (nSPS) is 21.4. The van der Waals surface area contributed by atoms with Crippen LogP contribution in [0.1, 0.15) is 40.0 Å². The predicted molar refractivity (Wildman–Crippen MR) is 62.5 cm³/mol. The Morgan fingerprint density at radius 2 is 2.19 bits per heavy atom. The minimum atomic E-state index is -0.863. The maximum absolute atomic E-state index is 11.5. The first-order valence-electron chi connectivity index (χ1n) is 6.16. The van der Waals surface area contributed by atoms with Crippen LogP contribution in [-0.4, -0.2) is 35.9 Å². The van der Waals surface area contributed by atoms with Gasteiger partial charge in [0.05, 0.1) is 12.7 Å². The second-order valence-corrected chi connectivity index (χ2v) is 4.61. The van der Waals surface area contributed by atoms with E-state index in [1.54, 1.807) is 0 Å². The maximum atomic E-state index is 11.5. The van der Waals surface area contributed by atoms with Crippen molar-refractivity contribution in [3.8, 4) is 0 Å². The van der Waals surface area contributed by atoms with Crippen LogP contribution in [0, 0.1) is 5.92 Å². The van der Waals surface area contributed by atoms with E-state index in [9.17, 15) is 9.90 Å². The molecule has 0 saturated heterocycles. The van der Waals surface area contributed by atoms with E-state index in [1.165, 1.54) is 0 Å². The zero-order valence-corrected chi connectivity index (χ0v) is 10.5. The largest absolute Gasteiger partial charge is 0.480 e. The van der Waals surface area contributed by atoms with Gasteiger partial charge in [0.15, 0.2) is 0 Å². The zero-order valence-electron chi connectivity index (χ0n) is 10.5. The van der Waals surface area contributed by atoms with Crippen molar-refractivity contribution in [2.45, 2.75) is 51.7 Å². The average molecular weight is 229 g/mol. The number of hydrogen-bond acceptors (Lipinski definition) is 3. The minimum Gasteiger partial charge on any atom is -0.480 e. The highest BCUT2D eigenvalue weighted by atomic mass is 16.5. The SMILES string of the molecule is CCNC(COC(C)CC)(C(=O)O)C1CC1. The summed E-state index contributed by atoms with van der Waals surface area (Å²) < 4.78 is 5.63. The maximum Gasteiger partial charge on any atom is 0.326 e. The third-order valence-electron chi connectivity index (χ3n) is 3.32. The summed E-state index contributed by atoms with van der Waals surface area (Å²) in [6.45, 7) is 6.88. The van der Waals surface area contributed by atoms with Crippen molar-refractivity contribution >= 4 is 5.97 Å². The molecular formula is C12H23NO3. The molecule has 1 aliphatic carbocycles. The number of carbonyl (C=O) groups is 1. The molecule has 0 spiro atoms. The average Bonchev–Trinajstić information content (AvgIpc) is 3.07. The van der Waals surface area contributed by atoms with E-state index in [0.29, 0.717) is 6.54 Å². The summed E-state index contributed by atoms with van der Waals surface area (Å²) in [5, 5.41) is 12.5. The molecule has 0 radical (unpaired) electrons. The smallest absolute Gasteiger partial charge is 0.326 e. The molecule has 4 heteroatoms. The number of nitrogens with one attached hydrogen (secondary N) is 1. The van der Waals surface area contributed by atoms with Crippen molar-refractivity contribution in [2.24, 2.45) is 5.92 Å². The molecule has 1 aliphatic rings. The van der Waals surface area contributed by atoms with Gasteiger partial charge < -0.3 is 9.84 Å². The molecule has 1 rings (SSSR count). The van der Waals surface area contributed by atoms with E-state index in [0.717, 1.165) is 19.3 Å². The number of carboxylic acid groups (broad SMARTS) is 1. The van der Waals surface area contributed by atoms with Crippen molar-refractivity contribution in [1.29, 1.82) is 0 Å². The van der Waals surface area contributed by atoms with Crippen molar-refractivity contribution in [1.82, 2.24) is 5.32 Å². The van der Waals surface area contributed by atoms with Gasteiger partial charge in [0.2, 0.25) is 0 Å². The summed E-state index contributed by atoms with van der Waals surface area (Å²) in [5.74, 6) is -0.547. The Morgan fingerprint density at radius 3 is 2.56 bits per heavy atom. The standard InChI is InChI=1S/C12H23NO3/c1-4-9(3)16-8-12(11(14)15,13-5-2)10-6-7-10/h9-10,13H,4-8H2,1-3H3,(H,14,15). The van der Waals surface area contributed by atoms with E-state index >= 15 is 0 Å². The number of hydrogen-bond donors (Lipinski definition) is 2. The van der Waals surface area contributed by atoms with Gasteiger partial charge in [0, 0.05) is 0 Å². The number of aliphatic carboxylic acids is 1. The molecule has 0 aromatic carbocycles. The lowest BCUT2D eigenvalue weighted by atomic mass is 9.94. The molecule has 0 amide bonds. The number of ether oxygens (including phenoxy) is 1. The summed E-state index contributed by atoms with van der Waals surface area (Å²) in [6, 6.07) is 0. The summed E-state index contributed by atoms with van der Waals surface area (Å²) in [7, 11) is 0. The molecule has 1 saturated carbocycles. The zero-order chi connectivity index (χ0) is 12.2. The molecule has 1 fully saturated rings. The molecule has 0 aliphatic heterocycles. The molecule has 2 unspecified atom stereocenters. The van der Waals surface area contributed by atoms with Crippen LogP contribution >= 0.6 is 0 Å². The van der Waals surface area contributed by atoms with Crippen LogP contribution in [0.5, 0.6) is 0 Å². The van der Waals surface area contributed by atoms with Crippen LogP contribution in [0.4, 0.5) is 0 Å². The lowest BCUT2D eigenvalue weighted by Gasteiger charge is -2.31. The lowest BCUT2D eigenvalue weighted by Crippen LogP contribution is -2.57. The third-order valence-corrected chi connectivity index (χ3v) is 3.32. The fraction of sp³-hybridized carbons (Fsp3) is 0.917. The van der Waals surface area contributed by atoms with Gasteiger partial charge in [0.1, 0.15) is 5.54 Å². The Morgan fingerprint density at radius 1 is 1.56 bits per heavy atom. The number of rotatable bonds is 8. The monoisotopic (exact) mass is 229 g/mol. The molecule has 2 atom stereocenters. The van der Waals surface area contributed by atoms with Gasteiger partial charge in [-0.1, -0.05) is 13.8 Å².